The molecule has 0 bridgehead atoms. The normalized spacial score (nSPS) is 11.3. The summed E-state index contributed by atoms with van der Waals surface area (Å²) in [6.45, 7) is 0. The minimum atomic E-state index is -0.513. The van der Waals surface area contributed by atoms with Crippen molar-refractivity contribution >= 4 is 50.4 Å². The van der Waals surface area contributed by atoms with Crippen molar-refractivity contribution < 1.29 is 9.21 Å². The van der Waals surface area contributed by atoms with Gasteiger partial charge in [0.2, 0.25) is 0 Å². The van der Waals surface area contributed by atoms with Crippen molar-refractivity contribution in [3.8, 4) is 6.07 Å². The fourth-order valence-corrected chi connectivity index (χ4v) is 4.28. The second-order valence-electron chi connectivity index (χ2n) is 6.04. The molecule has 0 aliphatic carbocycles. The first kappa shape index (κ1) is 19.0. The summed E-state index contributed by atoms with van der Waals surface area (Å²) in [5.74, 6) is 0.721. The Morgan fingerprint density at radius 2 is 1.93 bits per heavy atom. The van der Waals surface area contributed by atoms with E-state index in [0.717, 1.165) is 21.1 Å². The fourth-order valence-electron chi connectivity index (χ4n) is 2.60. The molecule has 29 heavy (non-hydrogen) atoms. The van der Waals surface area contributed by atoms with Crippen LogP contribution in [0.4, 0.5) is 5.13 Å². The molecule has 4 aromatic rings. The van der Waals surface area contributed by atoms with Crippen LogP contribution in [0, 0.1) is 11.3 Å². The smallest absolute Gasteiger partial charge is 0.268 e. The quantitative estimate of drug-likeness (QED) is 0.246. The van der Waals surface area contributed by atoms with Gasteiger partial charge in [-0.25, -0.2) is 4.98 Å². The Kier molecular flexibility index (Phi) is 5.75. The zero-order valence-electron chi connectivity index (χ0n) is 15.2. The molecule has 0 saturated carbocycles. The van der Waals surface area contributed by atoms with E-state index < -0.39 is 5.91 Å². The van der Waals surface area contributed by atoms with Crippen LogP contribution in [0.2, 0.25) is 0 Å². The van der Waals surface area contributed by atoms with Crippen LogP contribution < -0.4 is 5.32 Å². The number of nitriles is 1. The Morgan fingerprint density at radius 1 is 1.14 bits per heavy atom. The zero-order valence-corrected chi connectivity index (χ0v) is 16.8. The van der Waals surface area contributed by atoms with Gasteiger partial charge in [0.25, 0.3) is 5.91 Å². The molecule has 1 amide bonds. The Bertz CT molecular complexity index is 1190. The van der Waals surface area contributed by atoms with Crippen molar-refractivity contribution in [1.29, 1.82) is 5.26 Å². The highest BCUT2D eigenvalue weighted by Crippen LogP contribution is 2.27. The number of carbonyl (C=O) groups excluding carboxylic acids is 1. The lowest BCUT2D eigenvalue weighted by atomic mass is 10.2. The molecule has 0 saturated heterocycles. The van der Waals surface area contributed by atoms with Gasteiger partial charge in [0, 0.05) is 11.8 Å². The van der Waals surface area contributed by atoms with Gasteiger partial charge in [-0.3, -0.25) is 10.1 Å². The third kappa shape index (κ3) is 4.74. The molecule has 2 aromatic carbocycles. The molecule has 0 spiro atoms. The van der Waals surface area contributed by atoms with Gasteiger partial charge in [-0.2, -0.15) is 5.26 Å². The van der Waals surface area contributed by atoms with Gasteiger partial charge in [0.1, 0.15) is 17.4 Å². The Balaban J connectivity index is 1.43. The number of anilines is 1. The lowest BCUT2D eigenvalue weighted by molar-refractivity contribution is -0.112. The lowest BCUT2D eigenvalue weighted by Crippen LogP contribution is -2.13. The van der Waals surface area contributed by atoms with E-state index in [9.17, 15) is 10.1 Å². The van der Waals surface area contributed by atoms with Crippen molar-refractivity contribution in [2.45, 2.75) is 10.8 Å². The van der Waals surface area contributed by atoms with Gasteiger partial charge < -0.3 is 4.42 Å². The minimum absolute atomic E-state index is 0.0433. The first-order valence-corrected chi connectivity index (χ1v) is 10.6. The van der Waals surface area contributed by atoms with Crippen LogP contribution in [-0.4, -0.2) is 10.9 Å². The lowest BCUT2D eigenvalue weighted by Gasteiger charge is -1.99. The average Bonchev–Trinajstić information content (AvgIpc) is 3.37. The Labute approximate surface area is 175 Å². The van der Waals surface area contributed by atoms with Crippen LogP contribution in [0.1, 0.15) is 11.3 Å². The number of carbonyl (C=O) groups is 1. The van der Waals surface area contributed by atoms with Crippen molar-refractivity contribution in [3.63, 3.8) is 0 Å². The van der Waals surface area contributed by atoms with Gasteiger partial charge in [0.05, 0.1) is 10.2 Å². The Hall–Kier alpha value is -3.34. The maximum atomic E-state index is 12.5. The van der Waals surface area contributed by atoms with E-state index in [1.807, 2.05) is 54.6 Å². The molecular formula is C22H15N3O2S2. The number of para-hydroxylation sites is 1. The molecule has 2 aromatic heterocycles. The summed E-state index contributed by atoms with van der Waals surface area (Å²) in [6.07, 6.45) is 1.44. The first-order valence-electron chi connectivity index (χ1n) is 8.76. The van der Waals surface area contributed by atoms with Crippen molar-refractivity contribution in [1.82, 2.24) is 4.98 Å². The highest BCUT2D eigenvalue weighted by molar-refractivity contribution is 7.98. The van der Waals surface area contributed by atoms with E-state index in [4.69, 9.17) is 4.42 Å². The van der Waals surface area contributed by atoms with Gasteiger partial charge in [0.15, 0.2) is 10.2 Å². The molecule has 0 aliphatic heterocycles. The number of amides is 1. The van der Waals surface area contributed by atoms with Crippen LogP contribution in [0.3, 0.4) is 0 Å². The van der Waals surface area contributed by atoms with Crippen LogP contribution in [0.5, 0.6) is 0 Å². The number of hydrogen-bond acceptors (Lipinski definition) is 6. The standard InChI is InChI=1S/C22H15N3O2S2/c23-13-16(21(26)25-22-24-18-8-4-5-9-19(18)29-22)12-17-10-11-20(27-17)28-14-15-6-2-1-3-7-15/h1-12H,14H2,(H,24,25,26). The molecule has 0 unspecified atom stereocenters. The molecule has 0 atom stereocenters. The number of rotatable bonds is 6. The van der Waals surface area contributed by atoms with Gasteiger partial charge in [-0.15, -0.1) is 0 Å². The summed E-state index contributed by atoms with van der Waals surface area (Å²) in [7, 11) is 0. The summed E-state index contributed by atoms with van der Waals surface area (Å²) in [4.78, 5) is 16.8. The van der Waals surface area contributed by atoms with E-state index in [0.29, 0.717) is 10.9 Å². The number of aromatic nitrogens is 1. The second-order valence-corrected chi connectivity index (χ2v) is 8.05. The summed E-state index contributed by atoms with van der Waals surface area (Å²) < 4.78 is 6.70. The number of nitrogens with zero attached hydrogens (tertiary/aromatic N) is 2. The number of benzene rings is 2. The van der Waals surface area contributed by atoms with E-state index in [1.54, 1.807) is 17.8 Å². The molecule has 0 aliphatic rings. The number of thioether (sulfide) groups is 1. The van der Waals surface area contributed by atoms with E-state index >= 15 is 0 Å². The summed E-state index contributed by atoms with van der Waals surface area (Å²) in [5, 5.41) is 13.3. The van der Waals surface area contributed by atoms with Gasteiger partial charge in [-0.1, -0.05) is 65.6 Å². The molecule has 142 valence electrons. The topological polar surface area (TPSA) is 78.9 Å². The van der Waals surface area contributed by atoms with E-state index in [1.165, 1.54) is 23.0 Å². The van der Waals surface area contributed by atoms with E-state index in [-0.39, 0.29) is 5.57 Å². The molecule has 0 fully saturated rings. The average molecular weight is 418 g/mol. The van der Waals surface area contributed by atoms with Crippen molar-refractivity contribution in [3.05, 3.63) is 83.6 Å². The predicted molar refractivity (Wildman–Crippen MR) is 117 cm³/mol. The second kappa shape index (κ2) is 8.78. The van der Waals surface area contributed by atoms with Crippen LogP contribution in [0.25, 0.3) is 16.3 Å². The number of hydrogen-bond donors (Lipinski definition) is 1. The molecule has 1 N–H and O–H groups in total. The summed E-state index contributed by atoms with van der Waals surface area (Å²) in [6, 6.07) is 23.2. The number of furan rings is 1. The fraction of sp³-hybridized carbons (Fsp3) is 0.0455. The SMILES string of the molecule is N#CC(=Cc1ccc(SCc2ccccc2)o1)C(=O)Nc1nc2ccccc2s1. The number of fused-ring (bicyclic) bond motifs is 1. The third-order valence-electron chi connectivity index (χ3n) is 3.99. The van der Waals surface area contributed by atoms with Crippen LogP contribution >= 0.6 is 23.1 Å². The van der Waals surface area contributed by atoms with Crippen molar-refractivity contribution in [2.75, 3.05) is 5.32 Å². The monoisotopic (exact) mass is 417 g/mol. The summed E-state index contributed by atoms with van der Waals surface area (Å²) >= 11 is 2.92. The zero-order chi connectivity index (χ0) is 20.1. The minimum Gasteiger partial charge on any atom is -0.450 e. The number of nitrogens with one attached hydrogen (secondary N) is 1. The molecule has 2 heterocycles. The van der Waals surface area contributed by atoms with Crippen LogP contribution in [-0.2, 0) is 10.5 Å². The summed E-state index contributed by atoms with van der Waals surface area (Å²) in [5.41, 5.74) is 1.96. The van der Waals surface area contributed by atoms with Gasteiger partial charge >= 0.3 is 0 Å². The van der Waals surface area contributed by atoms with Gasteiger partial charge in [-0.05, 0) is 29.8 Å². The molecule has 5 nitrogen and oxygen atoms in total. The highest BCUT2D eigenvalue weighted by atomic mass is 32.2. The Morgan fingerprint density at radius 3 is 2.72 bits per heavy atom. The molecular weight excluding hydrogens is 402 g/mol. The third-order valence-corrected chi connectivity index (χ3v) is 5.93. The van der Waals surface area contributed by atoms with Crippen LogP contribution in [0.15, 0.2) is 81.8 Å². The molecule has 4 rings (SSSR count). The molecule has 0 radical (unpaired) electrons. The predicted octanol–water partition coefficient (Wildman–Crippen LogP) is 5.73. The maximum Gasteiger partial charge on any atom is 0.268 e. The largest absolute Gasteiger partial charge is 0.450 e. The van der Waals surface area contributed by atoms with E-state index in [2.05, 4.69) is 22.4 Å². The first-order chi connectivity index (χ1) is 14.2. The number of thiazole rings is 1. The highest BCUT2D eigenvalue weighted by Gasteiger charge is 2.13. The maximum absolute atomic E-state index is 12.5. The molecule has 7 heteroatoms. The van der Waals surface area contributed by atoms with Crippen molar-refractivity contribution in [2.24, 2.45) is 0 Å².